The van der Waals surface area contributed by atoms with Gasteiger partial charge in [-0.2, -0.15) is 0 Å². The zero-order valence-corrected chi connectivity index (χ0v) is 9.45. The number of carboxylic acid groups (broad SMARTS) is 1. The van der Waals surface area contributed by atoms with E-state index in [0.29, 0.717) is 18.7 Å². The fourth-order valence-corrected chi connectivity index (χ4v) is 1.73. The van der Waals surface area contributed by atoms with Gasteiger partial charge in [0.05, 0.1) is 0 Å². The van der Waals surface area contributed by atoms with Gasteiger partial charge in [0, 0.05) is 32.1 Å². The molecule has 0 aliphatic carbocycles. The standard InChI is InChI=1S/C11H15NO4/c1-7(13)3-4-8-10(11(15)16)9(14)5-6-12(8)2/h3-6H2,1-2H3,(H,15,16). The van der Waals surface area contributed by atoms with E-state index in [9.17, 15) is 14.4 Å². The first-order valence-electron chi connectivity index (χ1n) is 5.13. The molecule has 88 valence electrons. The first kappa shape index (κ1) is 12.4. The lowest BCUT2D eigenvalue weighted by molar-refractivity contribution is -0.135. The van der Waals surface area contributed by atoms with E-state index in [1.54, 1.807) is 11.9 Å². The molecule has 1 aliphatic rings. The van der Waals surface area contributed by atoms with Gasteiger partial charge in [0.15, 0.2) is 5.78 Å². The maximum Gasteiger partial charge on any atom is 0.341 e. The van der Waals surface area contributed by atoms with Crippen molar-refractivity contribution in [1.29, 1.82) is 0 Å². The number of hydrogen-bond donors (Lipinski definition) is 1. The smallest absolute Gasteiger partial charge is 0.341 e. The topological polar surface area (TPSA) is 74.7 Å². The van der Waals surface area contributed by atoms with Gasteiger partial charge in [0.25, 0.3) is 0 Å². The summed E-state index contributed by atoms with van der Waals surface area (Å²) < 4.78 is 0. The van der Waals surface area contributed by atoms with Gasteiger partial charge >= 0.3 is 5.97 Å². The number of nitrogens with zero attached hydrogens (tertiary/aromatic N) is 1. The summed E-state index contributed by atoms with van der Waals surface area (Å²) in [7, 11) is 1.74. The lowest BCUT2D eigenvalue weighted by Crippen LogP contribution is -2.33. The average Bonchev–Trinajstić information content (AvgIpc) is 2.18. The molecular formula is C11H15NO4. The van der Waals surface area contributed by atoms with Crippen LogP contribution < -0.4 is 0 Å². The number of carbonyl (C=O) groups excluding carboxylic acids is 2. The molecular weight excluding hydrogens is 210 g/mol. The molecule has 0 atom stereocenters. The Morgan fingerprint density at radius 1 is 1.44 bits per heavy atom. The van der Waals surface area contributed by atoms with E-state index in [4.69, 9.17) is 5.11 Å². The van der Waals surface area contributed by atoms with Crippen molar-refractivity contribution in [2.45, 2.75) is 26.2 Å². The molecule has 0 unspecified atom stereocenters. The molecule has 16 heavy (non-hydrogen) atoms. The van der Waals surface area contributed by atoms with Crippen molar-refractivity contribution >= 4 is 17.5 Å². The maximum atomic E-state index is 11.5. The summed E-state index contributed by atoms with van der Waals surface area (Å²) >= 11 is 0. The third kappa shape index (κ3) is 2.68. The Kier molecular flexibility index (Phi) is 3.82. The second-order valence-electron chi connectivity index (χ2n) is 3.92. The highest BCUT2D eigenvalue weighted by Crippen LogP contribution is 2.22. The number of carbonyl (C=O) groups is 3. The molecule has 0 radical (unpaired) electrons. The summed E-state index contributed by atoms with van der Waals surface area (Å²) in [6, 6.07) is 0. The molecule has 0 fully saturated rings. The second kappa shape index (κ2) is 4.92. The summed E-state index contributed by atoms with van der Waals surface area (Å²) in [5.41, 5.74) is 0.314. The van der Waals surface area contributed by atoms with E-state index in [0.717, 1.165) is 0 Å². The average molecular weight is 225 g/mol. The Morgan fingerprint density at radius 2 is 2.06 bits per heavy atom. The van der Waals surface area contributed by atoms with Crippen LogP contribution in [0.4, 0.5) is 0 Å². The molecule has 1 aliphatic heterocycles. The first-order chi connectivity index (χ1) is 7.43. The molecule has 0 saturated heterocycles. The van der Waals surface area contributed by atoms with Crippen molar-refractivity contribution in [2.24, 2.45) is 0 Å². The number of aliphatic carboxylic acids is 1. The van der Waals surface area contributed by atoms with E-state index >= 15 is 0 Å². The van der Waals surface area contributed by atoms with Gasteiger partial charge < -0.3 is 14.8 Å². The molecule has 1 N–H and O–H groups in total. The van der Waals surface area contributed by atoms with E-state index in [1.165, 1.54) is 6.92 Å². The quantitative estimate of drug-likeness (QED) is 0.709. The Bertz CT molecular complexity index is 370. The SMILES string of the molecule is CC(=O)CCC1=C(C(=O)O)C(=O)CCN1C. The monoisotopic (exact) mass is 225 g/mol. The summed E-state index contributed by atoms with van der Waals surface area (Å²) in [5, 5.41) is 8.97. The Hall–Kier alpha value is -1.65. The van der Waals surface area contributed by atoms with Gasteiger partial charge in [-0.1, -0.05) is 0 Å². The van der Waals surface area contributed by atoms with E-state index in [1.807, 2.05) is 0 Å². The van der Waals surface area contributed by atoms with Crippen LogP contribution >= 0.6 is 0 Å². The zero-order valence-electron chi connectivity index (χ0n) is 9.45. The first-order valence-corrected chi connectivity index (χ1v) is 5.13. The summed E-state index contributed by atoms with van der Waals surface area (Å²) in [5.74, 6) is -1.55. The number of ketones is 2. The largest absolute Gasteiger partial charge is 0.477 e. The van der Waals surface area contributed by atoms with E-state index < -0.39 is 5.97 Å². The molecule has 0 aromatic rings. The number of rotatable bonds is 4. The highest BCUT2D eigenvalue weighted by molar-refractivity contribution is 6.17. The number of allylic oxidation sites excluding steroid dienone is 1. The fraction of sp³-hybridized carbons (Fsp3) is 0.545. The number of Topliss-reactive ketones (excluding diaryl/α,β-unsaturated/α-hetero) is 2. The molecule has 0 bridgehead atoms. The molecule has 0 saturated carbocycles. The lowest BCUT2D eigenvalue weighted by Gasteiger charge is -2.28. The van der Waals surface area contributed by atoms with Crippen LogP contribution in [0.25, 0.3) is 0 Å². The van der Waals surface area contributed by atoms with Crippen LogP contribution in [0.2, 0.25) is 0 Å². The molecule has 0 spiro atoms. The van der Waals surface area contributed by atoms with Crippen LogP contribution in [0.3, 0.4) is 0 Å². The van der Waals surface area contributed by atoms with Crippen LogP contribution in [0.5, 0.6) is 0 Å². The highest BCUT2D eigenvalue weighted by atomic mass is 16.4. The Labute approximate surface area is 93.7 Å². The van der Waals surface area contributed by atoms with Crippen LogP contribution in [-0.4, -0.2) is 41.1 Å². The summed E-state index contributed by atoms with van der Waals surface area (Å²) in [4.78, 5) is 35.1. The van der Waals surface area contributed by atoms with Crippen molar-refractivity contribution < 1.29 is 19.5 Å². The minimum atomic E-state index is -1.20. The number of hydrogen-bond acceptors (Lipinski definition) is 4. The molecule has 0 aromatic carbocycles. The van der Waals surface area contributed by atoms with Gasteiger partial charge in [-0.05, 0) is 13.3 Å². The summed E-state index contributed by atoms with van der Waals surface area (Å²) in [6.45, 7) is 1.97. The van der Waals surface area contributed by atoms with Gasteiger partial charge in [-0.25, -0.2) is 4.79 Å². The number of carboxylic acids is 1. The minimum Gasteiger partial charge on any atom is -0.477 e. The maximum absolute atomic E-state index is 11.5. The normalized spacial score (nSPS) is 16.6. The minimum absolute atomic E-state index is 0.0105. The van der Waals surface area contributed by atoms with Crippen molar-refractivity contribution in [2.75, 3.05) is 13.6 Å². The third-order valence-corrected chi connectivity index (χ3v) is 2.63. The van der Waals surface area contributed by atoms with E-state index in [2.05, 4.69) is 0 Å². The van der Waals surface area contributed by atoms with Crippen molar-refractivity contribution in [3.63, 3.8) is 0 Å². The van der Waals surface area contributed by atoms with Gasteiger partial charge in [-0.15, -0.1) is 0 Å². The third-order valence-electron chi connectivity index (χ3n) is 2.63. The molecule has 5 nitrogen and oxygen atoms in total. The van der Waals surface area contributed by atoms with Crippen molar-refractivity contribution in [3.05, 3.63) is 11.3 Å². The Morgan fingerprint density at radius 3 is 2.56 bits per heavy atom. The summed E-state index contributed by atoms with van der Waals surface area (Å²) in [6.07, 6.45) is 0.810. The zero-order chi connectivity index (χ0) is 12.3. The van der Waals surface area contributed by atoms with Gasteiger partial charge in [0.1, 0.15) is 11.4 Å². The molecule has 1 heterocycles. The van der Waals surface area contributed by atoms with Crippen LogP contribution in [0.1, 0.15) is 26.2 Å². The predicted octanol–water partition coefficient (Wildman–Crippen LogP) is 0.599. The molecule has 0 aromatic heterocycles. The van der Waals surface area contributed by atoms with Crippen LogP contribution in [0.15, 0.2) is 11.3 Å². The van der Waals surface area contributed by atoms with Gasteiger partial charge in [-0.3, -0.25) is 4.79 Å². The fourth-order valence-electron chi connectivity index (χ4n) is 1.73. The predicted molar refractivity (Wildman–Crippen MR) is 56.8 cm³/mol. The Balaban J connectivity index is 3.01. The van der Waals surface area contributed by atoms with Crippen molar-refractivity contribution in [3.8, 4) is 0 Å². The van der Waals surface area contributed by atoms with Gasteiger partial charge in [0.2, 0.25) is 0 Å². The lowest BCUT2D eigenvalue weighted by atomic mass is 9.98. The molecule has 0 amide bonds. The van der Waals surface area contributed by atoms with Crippen molar-refractivity contribution in [1.82, 2.24) is 4.90 Å². The second-order valence-corrected chi connectivity index (χ2v) is 3.92. The molecule has 5 heteroatoms. The van der Waals surface area contributed by atoms with Crippen LogP contribution in [-0.2, 0) is 14.4 Å². The van der Waals surface area contributed by atoms with E-state index in [-0.39, 0.29) is 30.0 Å². The van der Waals surface area contributed by atoms with Crippen LogP contribution in [0, 0.1) is 0 Å². The highest BCUT2D eigenvalue weighted by Gasteiger charge is 2.28. The molecule has 1 rings (SSSR count).